The smallest absolute Gasteiger partial charge is 0.251 e. The van der Waals surface area contributed by atoms with Crippen molar-refractivity contribution >= 4 is 15.9 Å². The van der Waals surface area contributed by atoms with Crippen molar-refractivity contribution < 1.29 is 4.42 Å². The van der Waals surface area contributed by atoms with Crippen molar-refractivity contribution in [2.75, 3.05) is 0 Å². The summed E-state index contributed by atoms with van der Waals surface area (Å²) in [4.78, 5) is 11.6. The van der Waals surface area contributed by atoms with Crippen molar-refractivity contribution in [2.45, 2.75) is 13.5 Å². The summed E-state index contributed by atoms with van der Waals surface area (Å²) in [7, 11) is 0. The summed E-state index contributed by atoms with van der Waals surface area (Å²) >= 11 is 3.23. The van der Waals surface area contributed by atoms with Crippen molar-refractivity contribution in [2.24, 2.45) is 0 Å². The number of furan rings is 1. The number of pyridine rings is 1. The van der Waals surface area contributed by atoms with Crippen LogP contribution in [0.15, 0.2) is 44.2 Å². The van der Waals surface area contributed by atoms with Gasteiger partial charge in [-0.2, -0.15) is 0 Å². The molecule has 0 saturated carbocycles. The van der Waals surface area contributed by atoms with Crippen LogP contribution >= 0.6 is 15.9 Å². The number of hydrogen-bond donors (Lipinski definition) is 0. The maximum atomic E-state index is 11.6. The fourth-order valence-electron chi connectivity index (χ4n) is 1.42. The number of rotatable bonds is 2. The average molecular weight is 268 g/mol. The second-order valence-corrected chi connectivity index (χ2v) is 4.08. The molecule has 2 aromatic rings. The van der Waals surface area contributed by atoms with Crippen LogP contribution in [0.25, 0.3) is 0 Å². The Balaban J connectivity index is 2.36. The van der Waals surface area contributed by atoms with Gasteiger partial charge < -0.3 is 8.98 Å². The van der Waals surface area contributed by atoms with E-state index in [1.54, 1.807) is 16.7 Å². The molecule has 0 aliphatic rings. The molecule has 3 nitrogen and oxygen atoms in total. The normalized spacial score (nSPS) is 10.5. The Hall–Kier alpha value is -1.29. The van der Waals surface area contributed by atoms with Gasteiger partial charge in [0.2, 0.25) is 0 Å². The Labute approximate surface area is 95.5 Å². The zero-order valence-corrected chi connectivity index (χ0v) is 9.82. The molecule has 0 spiro atoms. The van der Waals surface area contributed by atoms with Gasteiger partial charge in [0.1, 0.15) is 5.76 Å². The number of halogens is 1. The van der Waals surface area contributed by atoms with E-state index in [0.717, 1.165) is 11.5 Å². The fourth-order valence-corrected chi connectivity index (χ4v) is 1.76. The quantitative estimate of drug-likeness (QED) is 0.839. The average Bonchev–Trinajstić information content (AvgIpc) is 2.58. The third kappa shape index (κ3) is 2.21. The Kier molecular flexibility index (Phi) is 2.77. The minimum atomic E-state index is -0.0116. The molecule has 15 heavy (non-hydrogen) atoms. The fraction of sp³-hybridized carbons (Fsp3) is 0.182. The van der Waals surface area contributed by atoms with Gasteiger partial charge in [0.05, 0.1) is 6.54 Å². The Bertz CT molecular complexity index is 527. The molecule has 0 aliphatic carbocycles. The van der Waals surface area contributed by atoms with Gasteiger partial charge in [-0.25, -0.2) is 0 Å². The minimum Gasteiger partial charge on any atom is -0.452 e. The van der Waals surface area contributed by atoms with Crippen LogP contribution in [0.2, 0.25) is 0 Å². The second kappa shape index (κ2) is 4.06. The van der Waals surface area contributed by atoms with E-state index in [1.807, 2.05) is 25.1 Å². The van der Waals surface area contributed by atoms with Crippen LogP contribution in [0.4, 0.5) is 0 Å². The highest BCUT2D eigenvalue weighted by atomic mass is 79.9. The number of aryl methyl sites for hydroxylation is 1. The molecule has 2 rings (SSSR count). The highest BCUT2D eigenvalue weighted by Crippen LogP contribution is 2.14. The molecule has 0 saturated heterocycles. The van der Waals surface area contributed by atoms with Gasteiger partial charge in [0.15, 0.2) is 4.67 Å². The van der Waals surface area contributed by atoms with Crippen molar-refractivity contribution in [1.29, 1.82) is 0 Å². The minimum absolute atomic E-state index is 0.0116. The van der Waals surface area contributed by atoms with E-state index in [2.05, 4.69) is 15.9 Å². The predicted octanol–water partition coefficient (Wildman–Crippen LogP) is 2.56. The third-order valence-corrected chi connectivity index (χ3v) is 2.64. The number of aromatic nitrogens is 1. The van der Waals surface area contributed by atoms with E-state index < -0.39 is 0 Å². The SMILES string of the molecule is Cc1cccc(=O)n1Cc1ccc(Br)o1. The monoisotopic (exact) mass is 267 g/mol. The van der Waals surface area contributed by atoms with E-state index in [4.69, 9.17) is 4.42 Å². The van der Waals surface area contributed by atoms with Crippen molar-refractivity contribution in [3.8, 4) is 0 Å². The summed E-state index contributed by atoms with van der Waals surface area (Å²) < 4.78 is 7.71. The zero-order chi connectivity index (χ0) is 10.8. The summed E-state index contributed by atoms with van der Waals surface area (Å²) in [5, 5.41) is 0. The molecule has 4 heteroatoms. The Morgan fingerprint density at radius 3 is 2.73 bits per heavy atom. The zero-order valence-electron chi connectivity index (χ0n) is 8.24. The highest BCUT2D eigenvalue weighted by molar-refractivity contribution is 9.10. The summed E-state index contributed by atoms with van der Waals surface area (Å²) in [6.07, 6.45) is 0. The summed E-state index contributed by atoms with van der Waals surface area (Å²) in [6, 6.07) is 8.87. The summed E-state index contributed by atoms with van der Waals surface area (Å²) in [5.41, 5.74) is 0.914. The maximum Gasteiger partial charge on any atom is 0.251 e. The van der Waals surface area contributed by atoms with Gasteiger partial charge in [-0.15, -0.1) is 0 Å². The highest BCUT2D eigenvalue weighted by Gasteiger charge is 2.03. The van der Waals surface area contributed by atoms with Crippen LogP contribution in [0, 0.1) is 6.92 Å². The van der Waals surface area contributed by atoms with E-state index in [-0.39, 0.29) is 5.56 Å². The van der Waals surface area contributed by atoms with Crippen LogP contribution < -0.4 is 5.56 Å². The van der Waals surface area contributed by atoms with Crippen LogP contribution in [0.5, 0.6) is 0 Å². The molecule has 0 unspecified atom stereocenters. The van der Waals surface area contributed by atoms with Crippen molar-refractivity contribution in [1.82, 2.24) is 4.57 Å². The van der Waals surface area contributed by atoms with Gasteiger partial charge in [-0.05, 0) is 41.1 Å². The van der Waals surface area contributed by atoms with Gasteiger partial charge in [-0.1, -0.05) is 6.07 Å². The Morgan fingerprint density at radius 2 is 2.13 bits per heavy atom. The van der Waals surface area contributed by atoms with Crippen molar-refractivity contribution in [3.05, 3.63) is 56.8 Å². The molecule has 2 aromatic heterocycles. The number of hydrogen-bond acceptors (Lipinski definition) is 2. The van der Waals surface area contributed by atoms with Gasteiger partial charge in [-0.3, -0.25) is 4.79 Å². The van der Waals surface area contributed by atoms with Crippen LogP contribution in [-0.4, -0.2) is 4.57 Å². The van der Waals surface area contributed by atoms with E-state index in [1.165, 1.54) is 0 Å². The Morgan fingerprint density at radius 1 is 1.33 bits per heavy atom. The lowest BCUT2D eigenvalue weighted by molar-refractivity contribution is 0.468. The molecule has 0 atom stereocenters. The molecule has 0 aliphatic heterocycles. The molecular weight excluding hydrogens is 258 g/mol. The molecular formula is C11H10BrNO2. The van der Waals surface area contributed by atoms with Gasteiger partial charge in [0, 0.05) is 11.8 Å². The maximum absolute atomic E-state index is 11.6. The molecule has 0 amide bonds. The van der Waals surface area contributed by atoms with Crippen LogP contribution in [0.3, 0.4) is 0 Å². The largest absolute Gasteiger partial charge is 0.452 e. The first-order valence-corrected chi connectivity index (χ1v) is 5.37. The van der Waals surface area contributed by atoms with E-state index >= 15 is 0 Å². The topological polar surface area (TPSA) is 35.1 Å². The van der Waals surface area contributed by atoms with Crippen LogP contribution in [0.1, 0.15) is 11.5 Å². The molecule has 0 fully saturated rings. The van der Waals surface area contributed by atoms with Gasteiger partial charge >= 0.3 is 0 Å². The first kappa shape index (κ1) is 10.2. The first-order valence-electron chi connectivity index (χ1n) is 4.57. The molecule has 78 valence electrons. The molecule has 0 radical (unpaired) electrons. The lowest BCUT2D eigenvalue weighted by Crippen LogP contribution is -2.21. The third-order valence-electron chi connectivity index (χ3n) is 2.21. The molecule has 0 bridgehead atoms. The van der Waals surface area contributed by atoms with E-state index in [0.29, 0.717) is 11.2 Å². The molecule has 0 N–H and O–H groups in total. The van der Waals surface area contributed by atoms with E-state index in [9.17, 15) is 4.79 Å². The summed E-state index contributed by atoms with van der Waals surface area (Å²) in [5.74, 6) is 0.762. The molecule has 2 heterocycles. The summed E-state index contributed by atoms with van der Waals surface area (Å²) in [6.45, 7) is 2.37. The van der Waals surface area contributed by atoms with Gasteiger partial charge in [0.25, 0.3) is 5.56 Å². The predicted molar refractivity (Wildman–Crippen MR) is 60.9 cm³/mol. The van der Waals surface area contributed by atoms with Crippen molar-refractivity contribution in [3.63, 3.8) is 0 Å². The lowest BCUT2D eigenvalue weighted by atomic mass is 10.3. The molecule has 0 aromatic carbocycles. The lowest BCUT2D eigenvalue weighted by Gasteiger charge is -2.06. The first-order chi connectivity index (χ1) is 7.16. The standard InChI is InChI=1S/C11H10BrNO2/c1-8-3-2-4-11(14)13(8)7-9-5-6-10(12)15-9/h2-6H,7H2,1H3. The van der Waals surface area contributed by atoms with Crippen LogP contribution in [-0.2, 0) is 6.54 Å². The number of nitrogens with zero attached hydrogens (tertiary/aromatic N) is 1. The second-order valence-electron chi connectivity index (χ2n) is 3.30.